The average molecular weight is 318 g/mol. The van der Waals surface area contributed by atoms with Crippen LogP contribution < -0.4 is 5.56 Å². The minimum atomic E-state index is -1.15. The Kier molecular flexibility index (Phi) is 4.59. The summed E-state index contributed by atoms with van der Waals surface area (Å²) in [6, 6.07) is 6.78. The number of carbonyl (C=O) groups is 2. The maximum absolute atomic E-state index is 14.1. The van der Waals surface area contributed by atoms with Crippen LogP contribution in [0.4, 0.5) is 4.39 Å². The van der Waals surface area contributed by atoms with Gasteiger partial charge in [0.1, 0.15) is 12.4 Å². The van der Waals surface area contributed by atoms with Crippen LogP contribution in [0.1, 0.15) is 10.4 Å². The summed E-state index contributed by atoms with van der Waals surface area (Å²) in [6.45, 7) is -0.480. The Morgan fingerprint density at radius 1 is 1.17 bits per heavy atom. The highest BCUT2D eigenvalue weighted by atomic mass is 19.1. The molecular formula is C16H15FN2O4. The molecule has 23 heavy (non-hydrogen) atoms. The lowest BCUT2D eigenvalue weighted by Crippen LogP contribution is -2.23. The van der Waals surface area contributed by atoms with Crippen LogP contribution >= 0.6 is 0 Å². The van der Waals surface area contributed by atoms with E-state index < -0.39 is 29.8 Å². The van der Waals surface area contributed by atoms with Gasteiger partial charge < -0.3 is 14.6 Å². The lowest BCUT2D eigenvalue weighted by Gasteiger charge is -2.12. The molecule has 0 aliphatic rings. The van der Waals surface area contributed by atoms with Gasteiger partial charge in [-0.15, -0.1) is 0 Å². The van der Waals surface area contributed by atoms with E-state index in [4.69, 9.17) is 5.11 Å². The number of hydrogen-bond acceptors (Lipinski definition) is 3. The van der Waals surface area contributed by atoms with E-state index in [1.165, 1.54) is 49.5 Å². The Morgan fingerprint density at radius 3 is 2.39 bits per heavy atom. The monoisotopic (exact) mass is 318 g/mol. The Balaban J connectivity index is 2.43. The molecule has 1 aromatic carbocycles. The summed E-state index contributed by atoms with van der Waals surface area (Å²) >= 11 is 0. The number of carboxylic acids is 1. The van der Waals surface area contributed by atoms with Gasteiger partial charge in [-0.05, 0) is 29.3 Å². The van der Waals surface area contributed by atoms with Crippen LogP contribution in [0.5, 0.6) is 0 Å². The molecule has 0 saturated heterocycles. The molecule has 0 fully saturated rings. The molecule has 120 valence electrons. The first-order chi connectivity index (χ1) is 10.8. The molecule has 2 aromatic rings. The van der Waals surface area contributed by atoms with Crippen LogP contribution in [0, 0.1) is 5.82 Å². The van der Waals surface area contributed by atoms with E-state index >= 15 is 0 Å². The van der Waals surface area contributed by atoms with Crippen LogP contribution in [0.2, 0.25) is 0 Å². The fourth-order valence-corrected chi connectivity index (χ4v) is 2.08. The van der Waals surface area contributed by atoms with Gasteiger partial charge in [0.05, 0.1) is 5.56 Å². The van der Waals surface area contributed by atoms with Crippen LogP contribution in [0.3, 0.4) is 0 Å². The molecule has 6 nitrogen and oxygen atoms in total. The summed E-state index contributed by atoms with van der Waals surface area (Å²) in [5.74, 6) is -2.29. The number of carbonyl (C=O) groups excluding carboxylic acids is 1. The standard InChI is InChI=1S/C16H15FN2O4/c1-18(2)16(23)12-5-3-10(7-13(12)17)11-4-6-14(20)19(8-11)9-15(21)22/h3-8H,9H2,1-2H3,(H,21,22). The third-order valence-corrected chi connectivity index (χ3v) is 3.23. The van der Waals surface area contributed by atoms with E-state index in [0.29, 0.717) is 11.1 Å². The van der Waals surface area contributed by atoms with Crippen LogP contribution in [-0.4, -0.2) is 40.5 Å². The number of benzene rings is 1. The van der Waals surface area contributed by atoms with Crippen molar-refractivity contribution in [2.75, 3.05) is 14.1 Å². The third-order valence-electron chi connectivity index (χ3n) is 3.23. The highest BCUT2D eigenvalue weighted by Crippen LogP contribution is 2.21. The molecule has 1 N–H and O–H groups in total. The van der Waals surface area contributed by atoms with Crippen LogP contribution in [-0.2, 0) is 11.3 Å². The highest BCUT2D eigenvalue weighted by molar-refractivity contribution is 5.94. The van der Waals surface area contributed by atoms with Crippen molar-refractivity contribution in [2.45, 2.75) is 6.54 Å². The van der Waals surface area contributed by atoms with Crippen molar-refractivity contribution in [1.29, 1.82) is 0 Å². The van der Waals surface area contributed by atoms with Crippen molar-refractivity contribution in [3.63, 3.8) is 0 Å². The number of amides is 1. The van der Waals surface area contributed by atoms with Gasteiger partial charge in [0.25, 0.3) is 11.5 Å². The molecule has 0 unspecified atom stereocenters. The third kappa shape index (κ3) is 3.63. The maximum atomic E-state index is 14.1. The number of nitrogens with zero attached hydrogens (tertiary/aromatic N) is 2. The smallest absolute Gasteiger partial charge is 0.323 e. The van der Waals surface area contributed by atoms with Crippen molar-refractivity contribution in [3.8, 4) is 11.1 Å². The van der Waals surface area contributed by atoms with E-state index in [2.05, 4.69) is 0 Å². The second-order valence-electron chi connectivity index (χ2n) is 5.17. The topological polar surface area (TPSA) is 79.6 Å². The lowest BCUT2D eigenvalue weighted by atomic mass is 10.0. The van der Waals surface area contributed by atoms with E-state index in [1.807, 2.05) is 0 Å². The second kappa shape index (κ2) is 6.43. The Bertz CT molecular complexity index is 827. The quantitative estimate of drug-likeness (QED) is 0.925. The first-order valence-electron chi connectivity index (χ1n) is 6.73. The van der Waals surface area contributed by atoms with Crippen molar-refractivity contribution in [1.82, 2.24) is 9.47 Å². The van der Waals surface area contributed by atoms with E-state index in [-0.39, 0.29) is 5.56 Å². The maximum Gasteiger partial charge on any atom is 0.323 e. The molecule has 2 rings (SSSR count). The van der Waals surface area contributed by atoms with Gasteiger partial charge in [0, 0.05) is 26.4 Å². The lowest BCUT2D eigenvalue weighted by molar-refractivity contribution is -0.137. The Labute approximate surface area is 131 Å². The normalized spacial score (nSPS) is 10.4. The van der Waals surface area contributed by atoms with E-state index in [1.54, 1.807) is 6.07 Å². The van der Waals surface area contributed by atoms with E-state index in [0.717, 1.165) is 4.57 Å². The Morgan fingerprint density at radius 2 is 1.83 bits per heavy atom. The highest BCUT2D eigenvalue weighted by Gasteiger charge is 2.14. The summed E-state index contributed by atoms with van der Waals surface area (Å²) in [4.78, 5) is 35.4. The summed E-state index contributed by atoms with van der Waals surface area (Å²) in [5, 5.41) is 8.78. The number of aliphatic carboxylic acids is 1. The van der Waals surface area contributed by atoms with Crippen molar-refractivity contribution in [2.24, 2.45) is 0 Å². The van der Waals surface area contributed by atoms with Gasteiger partial charge in [-0.3, -0.25) is 14.4 Å². The molecular weight excluding hydrogens is 303 g/mol. The predicted molar refractivity (Wildman–Crippen MR) is 81.7 cm³/mol. The SMILES string of the molecule is CN(C)C(=O)c1ccc(-c2ccc(=O)n(CC(=O)O)c2)cc1F. The summed E-state index contributed by atoms with van der Waals surface area (Å²) in [7, 11) is 3.05. The molecule has 0 atom stereocenters. The second-order valence-corrected chi connectivity index (χ2v) is 5.17. The predicted octanol–water partition coefficient (Wildman–Crippen LogP) is 1.44. The molecule has 1 aromatic heterocycles. The Hall–Kier alpha value is -2.96. The van der Waals surface area contributed by atoms with Crippen LogP contribution in [0.15, 0.2) is 41.3 Å². The van der Waals surface area contributed by atoms with E-state index in [9.17, 15) is 18.8 Å². The zero-order chi connectivity index (χ0) is 17.1. The molecule has 0 radical (unpaired) electrons. The molecule has 0 spiro atoms. The first kappa shape index (κ1) is 16.4. The zero-order valence-electron chi connectivity index (χ0n) is 12.6. The first-order valence-corrected chi connectivity index (χ1v) is 6.73. The van der Waals surface area contributed by atoms with Crippen molar-refractivity contribution in [3.05, 3.63) is 58.3 Å². The molecule has 1 heterocycles. The van der Waals surface area contributed by atoms with Crippen LogP contribution in [0.25, 0.3) is 11.1 Å². The molecule has 0 bridgehead atoms. The molecule has 0 aliphatic heterocycles. The van der Waals surface area contributed by atoms with Crippen molar-refractivity contribution >= 4 is 11.9 Å². The number of pyridine rings is 1. The van der Waals surface area contributed by atoms with Gasteiger partial charge >= 0.3 is 5.97 Å². The number of rotatable bonds is 4. The molecule has 0 saturated carbocycles. The van der Waals surface area contributed by atoms with Gasteiger partial charge in [-0.25, -0.2) is 4.39 Å². The minimum absolute atomic E-state index is 0.0578. The van der Waals surface area contributed by atoms with Gasteiger partial charge in [-0.1, -0.05) is 6.07 Å². The zero-order valence-corrected chi connectivity index (χ0v) is 12.6. The number of aromatic nitrogens is 1. The van der Waals surface area contributed by atoms with Gasteiger partial charge in [0.2, 0.25) is 0 Å². The molecule has 1 amide bonds. The summed E-state index contributed by atoms with van der Waals surface area (Å²) < 4.78 is 15.1. The average Bonchev–Trinajstić information content (AvgIpc) is 2.48. The molecule has 7 heteroatoms. The fourth-order valence-electron chi connectivity index (χ4n) is 2.08. The number of halogens is 1. The van der Waals surface area contributed by atoms with Gasteiger partial charge in [-0.2, -0.15) is 0 Å². The largest absolute Gasteiger partial charge is 0.480 e. The summed E-state index contributed by atoms with van der Waals surface area (Å²) in [6.07, 6.45) is 1.35. The fraction of sp³-hybridized carbons (Fsp3) is 0.188. The van der Waals surface area contributed by atoms with Crippen molar-refractivity contribution < 1.29 is 19.1 Å². The minimum Gasteiger partial charge on any atom is -0.480 e. The number of hydrogen-bond donors (Lipinski definition) is 1. The summed E-state index contributed by atoms with van der Waals surface area (Å²) in [5.41, 5.74) is 0.402. The molecule has 0 aliphatic carbocycles. The van der Waals surface area contributed by atoms with Gasteiger partial charge in [0.15, 0.2) is 0 Å². The number of carboxylic acid groups (broad SMARTS) is 1.